The SMILES string of the molecule is CCCc1c(NCC)ncnc1N(C)CCN1CCCC1. The Balaban J connectivity index is 2.06. The van der Waals surface area contributed by atoms with E-state index in [0.717, 1.165) is 44.1 Å². The van der Waals surface area contributed by atoms with Gasteiger partial charge >= 0.3 is 0 Å². The van der Waals surface area contributed by atoms with Gasteiger partial charge in [-0.2, -0.15) is 0 Å². The van der Waals surface area contributed by atoms with Gasteiger partial charge in [0.1, 0.15) is 18.0 Å². The normalized spacial score (nSPS) is 15.4. The number of likely N-dealkylation sites (tertiary alicyclic amines) is 1. The first-order valence-corrected chi connectivity index (χ1v) is 8.27. The number of nitrogens with one attached hydrogen (secondary N) is 1. The predicted molar refractivity (Wildman–Crippen MR) is 89.1 cm³/mol. The maximum Gasteiger partial charge on any atom is 0.137 e. The number of nitrogens with zero attached hydrogens (tertiary/aromatic N) is 4. The van der Waals surface area contributed by atoms with Crippen molar-refractivity contribution in [3.05, 3.63) is 11.9 Å². The fourth-order valence-corrected chi connectivity index (χ4v) is 2.94. The lowest BCUT2D eigenvalue weighted by molar-refractivity contribution is 0.346. The van der Waals surface area contributed by atoms with Crippen LogP contribution in [0, 0.1) is 0 Å². The second-order valence-electron chi connectivity index (χ2n) is 5.78. The molecule has 1 aromatic rings. The van der Waals surface area contributed by atoms with E-state index < -0.39 is 0 Å². The van der Waals surface area contributed by atoms with Gasteiger partial charge in [-0.15, -0.1) is 0 Å². The monoisotopic (exact) mass is 291 g/mol. The van der Waals surface area contributed by atoms with Gasteiger partial charge in [0.2, 0.25) is 0 Å². The van der Waals surface area contributed by atoms with E-state index in [4.69, 9.17) is 0 Å². The van der Waals surface area contributed by atoms with Crippen LogP contribution in [0.4, 0.5) is 11.6 Å². The Morgan fingerprint density at radius 3 is 2.67 bits per heavy atom. The van der Waals surface area contributed by atoms with E-state index in [1.54, 1.807) is 6.33 Å². The molecule has 118 valence electrons. The Bertz CT molecular complexity index is 429. The highest BCUT2D eigenvalue weighted by atomic mass is 15.2. The first-order chi connectivity index (χ1) is 10.3. The van der Waals surface area contributed by atoms with Crippen LogP contribution in [0.3, 0.4) is 0 Å². The van der Waals surface area contributed by atoms with Crippen molar-refractivity contribution >= 4 is 11.6 Å². The van der Waals surface area contributed by atoms with Crippen molar-refractivity contribution in [2.45, 2.75) is 39.5 Å². The Labute approximate surface area is 128 Å². The zero-order valence-corrected chi connectivity index (χ0v) is 13.7. The van der Waals surface area contributed by atoms with Gasteiger partial charge in [0, 0.05) is 32.2 Å². The second-order valence-corrected chi connectivity index (χ2v) is 5.78. The summed E-state index contributed by atoms with van der Waals surface area (Å²) in [5.41, 5.74) is 1.26. The van der Waals surface area contributed by atoms with Crippen LogP contribution in [-0.4, -0.2) is 54.6 Å². The van der Waals surface area contributed by atoms with Crippen LogP contribution >= 0.6 is 0 Å². The van der Waals surface area contributed by atoms with Crippen LogP contribution < -0.4 is 10.2 Å². The summed E-state index contributed by atoms with van der Waals surface area (Å²) in [5.74, 6) is 2.08. The molecular formula is C16H29N5. The molecule has 2 rings (SSSR count). The van der Waals surface area contributed by atoms with Crippen LogP contribution in [0.15, 0.2) is 6.33 Å². The Kier molecular flexibility index (Phi) is 6.23. The van der Waals surface area contributed by atoms with E-state index in [0.29, 0.717) is 0 Å². The largest absolute Gasteiger partial charge is 0.370 e. The van der Waals surface area contributed by atoms with Crippen molar-refractivity contribution in [3.63, 3.8) is 0 Å². The first kappa shape index (κ1) is 16.0. The summed E-state index contributed by atoms with van der Waals surface area (Å²) < 4.78 is 0. The highest BCUT2D eigenvalue weighted by Crippen LogP contribution is 2.24. The summed E-state index contributed by atoms with van der Waals surface area (Å²) >= 11 is 0. The van der Waals surface area contributed by atoms with Crippen LogP contribution in [0.1, 0.15) is 38.7 Å². The van der Waals surface area contributed by atoms with Gasteiger partial charge in [-0.05, 0) is 39.3 Å². The summed E-state index contributed by atoms with van der Waals surface area (Å²) in [7, 11) is 2.15. The van der Waals surface area contributed by atoms with Crippen LogP contribution in [0.5, 0.6) is 0 Å². The third-order valence-corrected chi connectivity index (χ3v) is 4.08. The van der Waals surface area contributed by atoms with Crippen LogP contribution in [-0.2, 0) is 6.42 Å². The van der Waals surface area contributed by atoms with E-state index in [1.807, 2.05) is 0 Å². The van der Waals surface area contributed by atoms with E-state index >= 15 is 0 Å². The number of hydrogen-bond donors (Lipinski definition) is 1. The molecule has 1 aliphatic heterocycles. The fourth-order valence-electron chi connectivity index (χ4n) is 2.94. The molecule has 0 aromatic carbocycles. The molecule has 1 aliphatic rings. The average Bonchev–Trinajstić information content (AvgIpc) is 3.00. The fraction of sp³-hybridized carbons (Fsp3) is 0.750. The number of hydrogen-bond acceptors (Lipinski definition) is 5. The van der Waals surface area contributed by atoms with Crippen molar-refractivity contribution in [2.24, 2.45) is 0 Å². The topological polar surface area (TPSA) is 44.3 Å². The summed E-state index contributed by atoms with van der Waals surface area (Å²) in [6.45, 7) is 9.86. The molecule has 0 radical (unpaired) electrons. The molecule has 0 bridgehead atoms. The molecule has 0 spiro atoms. The van der Waals surface area contributed by atoms with E-state index in [9.17, 15) is 0 Å². The van der Waals surface area contributed by atoms with Gasteiger partial charge in [-0.1, -0.05) is 13.3 Å². The highest BCUT2D eigenvalue weighted by Gasteiger charge is 2.16. The van der Waals surface area contributed by atoms with Gasteiger partial charge in [0.15, 0.2) is 0 Å². The van der Waals surface area contributed by atoms with Gasteiger partial charge in [-0.25, -0.2) is 9.97 Å². The Hall–Kier alpha value is -1.36. The molecule has 1 N–H and O–H groups in total. The van der Waals surface area contributed by atoms with Crippen molar-refractivity contribution < 1.29 is 0 Å². The molecule has 0 amide bonds. The first-order valence-electron chi connectivity index (χ1n) is 8.27. The Morgan fingerprint density at radius 1 is 1.24 bits per heavy atom. The van der Waals surface area contributed by atoms with Crippen molar-refractivity contribution in [2.75, 3.05) is 50.0 Å². The van der Waals surface area contributed by atoms with Crippen molar-refractivity contribution in [3.8, 4) is 0 Å². The second kappa shape index (κ2) is 8.17. The van der Waals surface area contributed by atoms with E-state index in [2.05, 4.69) is 46.0 Å². The molecule has 21 heavy (non-hydrogen) atoms. The van der Waals surface area contributed by atoms with Crippen molar-refractivity contribution in [1.82, 2.24) is 14.9 Å². The molecule has 0 atom stereocenters. The minimum absolute atomic E-state index is 0.894. The molecule has 5 heteroatoms. The van der Waals surface area contributed by atoms with Gasteiger partial charge in [0.25, 0.3) is 0 Å². The Morgan fingerprint density at radius 2 is 2.00 bits per heavy atom. The highest BCUT2D eigenvalue weighted by molar-refractivity contribution is 5.58. The molecule has 2 heterocycles. The minimum Gasteiger partial charge on any atom is -0.370 e. The lowest BCUT2D eigenvalue weighted by Crippen LogP contribution is -2.32. The molecule has 0 aliphatic carbocycles. The molecule has 5 nitrogen and oxygen atoms in total. The van der Waals surface area contributed by atoms with E-state index in [1.165, 1.54) is 31.5 Å². The van der Waals surface area contributed by atoms with Crippen LogP contribution in [0.2, 0.25) is 0 Å². The number of anilines is 2. The molecule has 0 unspecified atom stereocenters. The maximum atomic E-state index is 4.54. The minimum atomic E-state index is 0.894. The molecular weight excluding hydrogens is 262 g/mol. The predicted octanol–water partition coefficient (Wildman–Crippen LogP) is 2.39. The standard InChI is InChI=1S/C16H29N5/c1-4-8-14-15(17-5-2)18-13-19-16(14)20(3)11-12-21-9-6-7-10-21/h13H,4-12H2,1-3H3,(H,17,18,19). The smallest absolute Gasteiger partial charge is 0.137 e. The summed E-state index contributed by atoms with van der Waals surface area (Å²) in [6.07, 6.45) is 6.51. The molecule has 0 saturated carbocycles. The summed E-state index contributed by atoms with van der Waals surface area (Å²) in [4.78, 5) is 13.8. The van der Waals surface area contributed by atoms with Gasteiger partial charge < -0.3 is 15.1 Å². The molecule has 1 saturated heterocycles. The van der Waals surface area contributed by atoms with Crippen LogP contribution in [0.25, 0.3) is 0 Å². The van der Waals surface area contributed by atoms with Gasteiger partial charge in [0.05, 0.1) is 0 Å². The lowest BCUT2D eigenvalue weighted by atomic mass is 10.1. The molecule has 1 fully saturated rings. The quantitative estimate of drug-likeness (QED) is 0.797. The van der Waals surface area contributed by atoms with Gasteiger partial charge in [-0.3, -0.25) is 0 Å². The summed E-state index contributed by atoms with van der Waals surface area (Å²) in [5, 5.41) is 3.37. The van der Waals surface area contributed by atoms with E-state index in [-0.39, 0.29) is 0 Å². The number of aromatic nitrogens is 2. The zero-order valence-electron chi connectivity index (χ0n) is 13.7. The third kappa shape index (κ3) is 4.30. The zero-order chi connectivity index (χ0) is 15.1. The maximum absolute atomic E-state index is 4.54. The average molecular weight is 291 g/mol. The number of likely N-dealkylation sites (N-methyl/N-ethyl adjacent to an activating group) is 1. The lowest BCUT2D eigenvalue weighted by Gasteiger charge is -2.25. The third-order valence-electron chi connectivity index (χ3n) is 4.08. The summed E-state index contributed by atoms with van der Waals surface area (Å²) in [6, 6.07) is 0. The van der Waals surface area contributed by atoms with Crippen molar-refractivity contribution in [1.29, 1.82) is 0 Å². The number of rotatable bonds is 8. The molecule has 1 aromatic heterocycles.